The Bertz CT molecular complexity index is 675. The van der Waals surface area contributed by atoms with Gasteiger partial charge in [-0.1, -0.05) is 11.6 Å². The van der Waals surface area contributed by atoms with E-state index < -0.39 is 0 Å². The Labute approximate surface area is 111 Å². The Morgan fingerprint density at radius 1 is 1.26 bits per heavy atom. The highest BCUT2D eigenvalue weighted by Gasteiger charge is 2.03. The third-order valence-electron chi connectivity index (χ3n) is 2.98. The van der Waals surface area contributed by atoms with Crippen LogP contribution in [0.25, 0.3) is 10.9 Å². The van der Waals surface area contributed by atoms with Gasteiger partial charge in [0.2, 0.25) is 0 Å². The summed E-state index contributed by atoms with van der Waals surface area (Å²) in [5, 5.41) is 8.57. The van der Waals surface area contributed by atoms with Gasteiger partial charge < -0.3 is 5.32 Å². The molecular formula is C14H15N5. The van der Waals surface area contributed by atoms with Gasteiger partial charge in [0.05, 0.1) is 12.1 Å². The topological polar surface area (TPSA) is 55.6 Å². The van der Waals surface area contributed by atoms with Crippen molar-refractivity contribution in [3.05, 3.63) is 48.5 Å². The summed E-state index contributed by atoms with van der Waals surface area (Å²) in [6.07, 6.45) is 5.32. The van der Waals surface area contributed by atoms with Crippen molar-refractivity contribution in [3.63, 3.8) is 0 Å². The molecular weight excluding hydrogens is 238 g/mol. The largest absolute Gasteiger partial charge is 0.368 e. The minimum atomic E-state index is 0.779. The van der Waals surface area contributed by atoms with Crippen molar-refractivity contribution >= 4 is 16.7 Å². The number of fused-ring (bicyclic) bond motifs is 1. The monoisotopic (exact) mass is 253 g/mol. The molecule has 19 heavy (non-hydrogen) atoms. The van der Waals surface area contributed by atoms with Crippen molar-refractivity contribution in [1.29, 1.82) is 0 Å². The second kappa shape index (κ2) is 5.06. The van der Waals surface area contributed by atoms with Gasteiger partial charge in [-0.2, -0.15) is 5.10 Å². The summed E-state index contributed by atoms with van der Waals surface area (Å²) in [6, 6.07) is 8.10. The fraction of sp³-hybridized carbons (Fsp3) is 0.214. The number of aryl methyl sites for hydroxylation is 1. The van der Waals surface area contributed by atoms with Crippen LogP contribution in [-0.2, 0) is 6.54 Å². The number of anilines is 1. The fourth-order valence-electron chi connectivity index (χ4n) is 2.03. The minimum absolute atomic E-state index is 0.779. The van der Waals surface area contributed by atoms with Gasteiger partial charge in [0.1, 0.15) is 12.1 Å². The molecule has 1 N–H and O–H groups in total. The molecule has 0 aliphatic heterocycles. The predicted molar refractivity (Wildman–Crippen MR) is 75.0 cm³/mol. The molecule has 0 fully saturated rings. The molecule has 3 rings (SSSR count). The van der Waals surface area contributed by atoms with Crippen molar-refractivity contribution in [1.82, 2.24) is 19.7 Å². The Balaban J connectivity index is 1.78. The van der Waals surface area contributed by atoms with E-state index >= 15 is 0 Å². The summed E-state index contributed by atoms with van der Waals surface area (Å²) in [5.74, 6) is 0.876. The van der Waals surface area contributed by atoms with E-state index in [0.717, 1.165) is 29.8 Å². The van der Waals surface area contributed by atoms with Gasteiger partial charge in [-0.25, -0.2) is 9.97 Å². The molecule has 0 saturated heterocycles. The predicted octanol–water partition coefficient (Wildman–Crippen LogP) is 2.25. The maximum absolute atomic E-state index is 4.31. The third kappa shape index (κ3) is 2.54. The minimum Gasteiger partial charge on any atom is -0.368 e. The first-order valence-electron chi connectivity index (χ1n) is 6.25. The lowest BCUT2D eigenvalue weighted by atomic mass is 10.1. The average molecular weight is 253 g/mol. The third-order valence-corrected chi connectivity index (χ3v) is 2.98. The summed E-state index contributed by atoms with van der Waals surface area (Å²) in [7, 11) is 0. The highest BCUT2D eigenvalue weighted by atomic mass is 15.3. The van der Waals surface area contributed by atoms with Crippen LogP contribution in [0.15, 0.2) is 43.0 Å². The molecule has 2 heterocycles. The summed E-state index contributed by atoms with van der Waals surface area (Å²) in [5.41, 5.74) is 2.17. The summed E-state index contributed by atoms with van der Waals surface area (Å²) in [6.45, 7) is 3.66. The van der Waals surface area contributed by atoms with E-state index in [1.807, 2.05) is 23.0 Å². The summed E-state index contributed by atoms with van der Waals surface area (Å²) in [4.78, 5) is 8.59. The van der Waals surface area contributed by atoms with Gasteiger partial charge in [-0.15, -0.1) is 0 Å². The number of hydrogen-bond donors (Lipinski definition) is 1. The van der Waals surface area contributed by atoms with E-state index in [-0.39, 0.29) is 0 Å². The standard InChI is InChI=1S/C14H15N5/c1-11-3-4-13-12(9-11)14(17-10-16-13)15-6-8-19-7-2-5-18-19/h2-5,7,9-10H,6,8H2,1H3,(H,15,16,17). The van der Waals surface area contributed by atoms with E-state index in [0.29, 0.717) is 0 Å². The van der Waals surface area contributed by atoms with E-state index in [2.05, 4.69) is 39.4 Å². The molecule has 0 bridgehead atoms. The normalized spacial score (nSPS) is 10.8. The zero-order valence-electron chi connectivity index (χ0n) is 10.7. The fourth-order valence-corrected chi connectivity index (χ4v) is 2.03. The van der Waals surface area contributed by atoms with Crippen molar-refractivity contribution in [2.45, 2.75) is 13.5 Å². The van der Waals surface area contributed by atoms with E-state index in [1.165, 1.54) is 5.56 Å². The van der Waals surface area contributed by atoms with Gasteiger partial charge in [-0.05, 0) is 25.1 Å². The second-order valence-corrected chi connectivity index (χ2v) is 4.44. The molecule has 0 radical (unpaired) electrons. The van der Waals surface area contributed by atoms with Crippen LogP contribution in [-0.4, -0.2) is 26.3 Å². The molecule has 2 aromatic heterocycles. The highest BCUT2D eigenvalue weighted by molar-refractivity contribution is 5.89. The van der Waals surface area contributed by atoms with Crippen molar-refractivity contribution in [2.24, 2.45) is 0 Å². The lowest BCUT2D eigenvalue weighted by molar-refractivity contribution is 0.637. The first-order valence-corrected chi connectivity index (χ1v) is 6.25. The van der Waals surface area contributed by atoms with Crippen LogP contribution in [0.3, 0.4) is 0 Å². The first-order chi connectivity index (χ1) is 9.33. The van der Waals surface area contributed by atoms with Crippen LogP contribution in [0.2, 0.25) is 0 Å². The number of benzene rings is 1. The average Bonchev–Trinajstić information content (AvgIpc) is 2.92. The van der Waals surface area contributed by atoms with Crippen molar-refractivity contribution in [3.8, 4) is 0 Å². The summed E-state index contributed by atoms with van der Waals surface area (Å²) >= 11 is 0. The SMILES string of the molecule is Cc1ccc2ncnc(NCCn3cccn3)c2c1. The van der Waals surface area contributed by atoms with Crippen LogP contribution in [0.5, 0.6) is 0 Å². The zero-order valence-corrected chi connectivity index (χ0v) is 10.7. The van der Waals surface area contributed by atoms with E-state index in [9.17, 15) is 0 Å². The molecule has 5 nitrogen and oxygen atoms in total. The molecule has 3 aromatic rings. The number of hydrogen-bond acceptors (Lipinski definition) is 4. The first kappa shape index (κ1) is 11.6. The van der Waals surface area contributed by atoms with Crippen molar-refractivity contribution in [2.75, 3.05) is 11.9 Å². The zero-order chi connectivity index (χ0) is 13.1. The van der Waals surface area contributed by atoms with Crippen LogP contribution < -0.4 is 5.32 Å². The number of rotatable bonds is 4. The maximum atomic E-state index is 4.31. The molecule has 0 spiro atoms. The molecule has 5 heteroatoms. The Morgan fingerprint density at radius 2 is 2.21 bits per heavy atom. The molecule has 1 aromatic carbocycles. The molecule has 0 unspecified atom stereocenters. The quantitative estimate of drug-likeness (QED) is 0.774. The lowest BCUT2D eigenvalue weighted by Crippen LogP contribution is -2.12. The second-order valence-electron chi connectivity index (χ2n) is 4.44. The number of nitrogens with one attached hydrogen (secondary N) is 1. The molecule has 0 saturated carbocycles. The van der Waals surface area contributed by atoms with Crippen LogP contribution in [0.4, 0.5) is 5.82 Å². The molecule has 0 aliphatic rings. The lowest BCUT2D eigenvalue weighted by Gasteiger charge is -2.08. The van der Waals surface area contributed by atoms with Gasteiger partial charge in [0, 0.05) is 24.3 Å². The van der Waals surface area contributed by atoms with E-state index in [4.69, 9.17) is 0 Å². The van der Waals surface area contributed by atoms with E-state index in [1.54, 1.807) is 12.5 Å². The van der Waals surface area contributed by atoms with Gasteiger partial charge in [0.15, 0.2) is 0 Å². The summed E-state index contributed by atoms with van der Waals surface area (Å²) < 4.78 is 1.89. The smallest absolute Gasteiger partial charge is 0.137 e. The Hall–Kier alpha value is -2.43. The van der Waals surface area contributed by atoms with Crippen LogP contribution in [0.1, 0.15) is 5.56 Å². The van der Waals surface area contributed by atoms with Crippen molar-refractivity contribution < 1.29 is 0 Å². The van der Waals surface area contributed by atoms with Crippen LogP contribution >= 0.6 is 0 Å². The molecule has 0 amide bonds. The van der Waals surface area contributed by atoms with Gasteiger partial charge >= 0.3 is 0 Å². The molecule has 96 valence electrons. The maximum Gasteiger partial charge on any atom is 0.137 e. The Kier molecular flexibility index (Phi) is 3.10. The molecule has 0 aliphatic carbocycles. The van der Waals surface area contributed by atoms with Gasteiger partial charge in [-0.3, -0.25) is 4.68 Å². The Morgan fingerprint density at radius 3 is 3.05 bits per heavy atom. The molecule has 0 atom stereocenters. The number of aromatic nitrogens is 4. The van der Waals surface area contributed by atoms with Crippen LogP contribution in [0, 0.1) is 6.92 Å². The van der Waals surface area contributed by atoms with Gasteiger partial charge in [0.25, 0.3) is 0 Å². The highest BCUT2D eigenvalue weighted by Crippen LogP contribution is 2.19. The number of nitrogens with zero attached hydrogens (tertiary/aromatic N) is 4.